The van der Waals surface area contributed by atoms with Gasteiger partial charge in [-0.2, -0.15) is 0 Å². The van der Waals surface area contributed by atoms with Crippen molar-refractivity contribution in [2.45, 2.75) is 65.6 Å². The molecule has 2 aliphatic rings. The van der Waals surface area contributed by atoms with Crippen LogP contribution in [0.2, 0.25) is 0 Å². The van der Waals surface area contributed by atoms with Gasteiger partial charge in [0.15, 0.2) is 0 Å². The smallest absolute Gasteiger partial charge is 0.119 e. The molecule has 0 bridgehead atoms. The third kappa shape index (κ3) is 6.99. The van der Waals surface area contributed by atoms with Gasteiger partial charge in [-0.1, -0.05) is 65.7 Å². The van der Waals surface area contributed by atoms with Crippen molar-refractivity contribution in [3.63, 3.8) is 0 Å². The number of hydrogen-bond acceptors (Lipinski definition) is 3. The predicted octanol–water partition coefficient (Wildman–Crippen LogP) is 6.93. The molecular formula is C33H42N2O. The summed E-state index contributed by atoms with van der Waals surface area (Å²) in [5.41, 5.74) is 8.50. The maximum absolute atomic E-state index is 6.29. The van der Waals surface area contributed by atoms with Crippen molar-refractivity contribution in [1.29, 1.82) is 0 Å². The number of aryl methyl sites for hydroxylation is 3. The van der Waals surface area contributed by atoms with E-state index in [1.165, 1.54) is 72.2 Å². The lowest BCUT2D eigenvalue weighted by atomic mass is 9.93. The molecule has 0 aromatic heterocycles. The Kier molecular flexibility index (Phi) is 8.40. The summed E-state index contributed by atoms with van der Waals surface area (Å²) in [6.45, 7) is 11.9. The summed E-state index contributed by atoms with van der Waals surface area (Å²) in [4.78, 5) is 5.20. The number of piperidine rings is 1. The van der Waals surface area contributed by atoms with E-state index in [1.54, 1.807) is 0 Å². The monoisotopic (exact) mass is 482 g/mol. The van der Waals surface area contributed by atoms with E-state index in [4.69, 9.17) is 4.74 Å². The summed E-state index contributed by atoms with van der Waals surface area (Å²) in [6, 6.07) is 24.7. The van der Waals surface area contributed by atoms with Gasteiger partial charge in [0.2, 0.25) is 0 Å². The molecule has 5 rings (SSSR count). The van der Waals surface area contributed by atoms with Crippen molar-refractivity contribution in [3.05, 3.63) is 100 Å². The fraction of sp³-hybridized carbons (Fsp3) is 0.455. The maximum Gasteiger partial charge on any atom is 0.119 e. The number of ether oxygens (including phenoxy) is 1. The third-order valence-corrected chi connectivity index (χ3v) is 7.97. The molecule has 0 aliphatic carbocycles. The summed E-state index contributed by atoms with van der Waals surface area (Å²) >= 11 is 0. The minimum atomic E-state index is 0.782. The van der Waals surface area contributed by atoms with Gasteiger partial charge in [-0.25, -0.2) is 0 Å². The normalized spacial score (nSPS) is 17.5. The van der Waals surface area contributed by atoms with Gasteiger partial charge < -0.3 is 4.74 Å². The van der Waals surface area contributed by atoms with Gasteiger partial charge in [0.25, 0.3) is 0 Å². The largest absolute Gasteiger partial charge is 0.494 e. The molecule has 1 fully saturated rings. The second-order valence-electron chi connectivity index (χ2n) is 11.1. The Hall–Kier alpha value is -2.62. The Morgan fingerprint density at radius 3 is 2.14 bits per heavy atom. The van der Waals surface area contributed by atoms with Crippen LogP contribution >= 0.6 is 0 Å². The summed E-state index contributed by atoms with van der Waals surface area (Å²) in [5.74, 6) is 1.83. The molecule has 0 atom stereocenters. The van der Waals surface area contributed by atoms with Crippen LogP contribution in [0.4, 0.5) is 0 Å². The molecule has 3 nitrogen and oxygen atoms in total. The fourth-order valence-electron chi connectivity index (χ4n) is 5.95. The van der Waals surface area contributed by atoms with E-state index < -0.39 is 0 Å². The molecule has 2 heterocycles. The lowest BCUT2D eigenvalue weighted by Gasteiger charge is -2.32. The van der Waals surface area contributed by atoms with Crippen molar-refractivity contribution in [1.82, 2.24) is 9.80 Å². The number of hydrogen-bond donors (Lipinski definition) is 0. The first kappa shape index (κ1) is 25.0. The van der Waals surface area contributed by atoms with Crippen LogP contribution in [0.25, 0.3) is 0 Å². The average molecular weight is 483 g/mol. The van der Waals surface area contributed by atoms with Crippen LogP contribution in [-0.4, -0.2) is 36.0 Å². The fourth-order valence-corrected chi connectivity index (χ4v) is 5.95. The van der Waals surface area contributed by atoms with Crippen molar-refractivity contribution in [2.24, 2.45) is 5.92 Å². The van der Waals surface area contributed by atoms with Gasteiger partial charge in [0.05, 0.1) is 6.61 Å². The average Bonchev–Trinajstić information content (AvgIpc) is 3.06. The first-order chi connectivity index (χ1) is 17.6. The predicted molar refractivity (Wildman–Crippen MR) is 149 cm³/mol. The third-order valence-electron chi connectivity index (χ3n) is 7.97. The van der Waals surface area contributed by atoms with Crippen molar-refractivity contribution in [3.8, 4) is 5.75 Å². The minimum absolute atomic E-state index is 0.782. The molecule has 2 aliphatic heterocycles. The highest BCUT2D eigenvalue weighted by molar-refractivity contribution is 5.36. The maximum atomic E-state index is 6.29. The Bertz CT molecular complexity index is 1130. The summed E-state index contributed by atoms with van der Waals surface area (Å²) < 4.78 is 6.29. The SMILES string of the molecule is Cc1cccc(CN2CCC(CCOc3ccc4c(c3)CN(Cc3cccc(C)c3)CCC4)CC2)c1. The number of fused-ring (bicyclic) bond motifs is 1. The lowest BCUT2D eigenvalue weighted by Crippen LogP contribution is -2.33. The van der Waals surface area contributed by atoms with E-state index in [1.807, 2.05) is 0 Å². The quantitative estimate of drug-likeness (QED) is 0.346. The Morgan fingerprint density at radius 2 is 1.44 bits per heavy atom. The van der Waals surface area contributed by atoms with Crippen LogP contribution in [0.5, 0.6) is 5.75 Å². The van der Waals surface area contributed by atoms with Crippen molar-refractivity contribution in [2.75, 3.05) is 26.2 Å². The summed E-state index contributed by atoms with van der Waals surface area (Å²) in [6.07, 6.45) is 6.12. The molecule has 3 aromatic rings. The molecular weight excluding hydrogens is 440 g/mol. The Labute approximate surface area is 218 Å². The van der Waals surface area contributed by atoms with Gasteiger partial charge in [0.1, 0.15) is 5.75 Å². The van der Waals surface area contributed by atoms with E-state index in [0.717, 1.165) is 50.9 Å². The summed E-state index contributed by atoms with van der Waals surface area (Å²) in [5, 5.41) is 0. The van der Waals surface area contributed by atoms with Crippen molar-refractivity contribution < 1.29 is 4.74 Å². The van der Waals surface area contributed by atoms with E-state index in [0.29, 0.717) is 0 Å². The van der Waals surface area contributed by atoms with Crippen LogP contribution in [0.15, 0.2) is 66.7 Å². The van der Waals surface area contributed by atoms with Crippen LogP contribution in [0.1, 0.15) is 59.1 Å². The zero-order chi connectivity index (χ0) is 24.7. The molecule has 0 saturated carbocycles. The molecule has 1 saturated heterocycles. The van der Waals surface area contributed by atoms with Crippen LogP contribution in [-0.2, 0) is 26.1 Å². The van der Waals surface area contributed by atoms with Gasteiger partial charge in [-0.15, -0.1) is 0 Å². The van der Waals surface area contributed by atoms with E-state index >= 15 is 0 Å². The first-order valence-electron chi connectivity index (χ1n) is 13.9. The van der Waals surface area contributed by atoms with E-state index in [9.17, 15) is 0 Å². The van der Waals surface area contributed by atoms with Crippen LogP contribution in [0, 0.1) is 19.8 Å². The number of rotatable bonds is 8. The second-order valence-corrected chi connectivity index (χ2v) is 11.1. The minimum Gasteiger partial charge on any atom is -0.494 e. The van der Waals surface area contributed by atoms with Gasteiger partial charge in [-0.3, -0.25) is 9.80 Å². The number of benzene rings is 3. The topological polar surface area (TPSA) is 15.7 Å². The molecule has 0 amide bonds. The standard InChI is InChI=1S/C33H42N2O/c1-26-6-3-8-29(20-26)23-34-17-13-28(14-18-34)15-19-36-33-12-11-31-10-5-16-35(25-32(31)22-33)24-30-9-4-7-27(2)21-30/h3-4,6-9,11-12,20-22,28H,5,10,13-19,23-25H2,1-2H3. The Balaban J connectivity index is 1.08. The molecule has 0 spiro atoms. The van der Waals surface area contributed by atoms with Crippen LogP contribution in [0.3, 0.4) is 0 Å². The van der Waals surface area contributed by atoms with Gasteiger partial charge in [-0.05, 0) is 106 Å². The molecule has 3 heteroatoms. The highest BCUT2D eigenvalue weighted by atomic mass is 16.5. The molecule has 0 N–H and O–H groups in total. The van der Waals surface area contributed by atoms with E-state index in [-0.39, 0.29) is 0 Å². The molecule has 0 unspecified atom stereocenters. The first-order valence-corrected chi connectivity index (χ1v) is 13.9. The summed E-state index contributed by atoms with van der Waals surface area (Å²) in [7, 11) is 0. The molecule has 190 valence electrons. The van der Waals surface area contributed by atoms with Gasteiger partial charge in [0, 0.05) is 19.6 Å². The number of likely N-dealkylation sites (tertiary alicyclic amines) is 1. The van der Waals surface area contributed by atoms with Gasteiger partial charge >= 0.3 is 0 Å². The highest BCUT2D eigenvalue weighted by Crippen LogP contribution is 2.26. The zero-order valence-corrected chi connectivity index (χ0v) is 22.2. The number of nitrogens with zero attached hydrogens (tertiary/aromatic N) is 2. The second kappa shape index (κ2) is 12.1. The van der Waals surface area contributed by atoms with Crippen LogP contribution < -0.4 is 4.74 Å². The zero-order valence-electron chi connectivity index (χ0n) is 22.2. The molecule has 36 heavy (non-hydrogen) atoms. The molecule has 0 radical (unpaired) electrons. The molecule has 3 aromatic carbocycles. The lowest BCUT2D eigenvalue weighted by molar-refractivity contribution is 0.157. The van der Waals surface area contributed by atoms with E-state index in [2.05, 4.69) is 90.4 Å². The Morgan fingerprint density at radius 1 is 0.750 bits per heavy atom. The van der Waals surface area contributed by atoms with Crippen molar-refractivity contribution >= 4 is 0 Å². The highest BCUT2D eigenvalue weighted by Gasteiger charge is 2.20.